The highest BCUT2D eigenvalue weighted by Gasteiger charge is 2.19. The van der Waals surface area contributed by atoms with Crippen LogP contribution in [0.5, 0.6) is 5.75 Å². The second-order valence-corrected chi connectivity index (χ2v) is 3.32. The van der Waals surface area contributed by atoms with E-state index in [0.29, 0.717) is 0 Å². The molecular formula is C11H12N2O6. The van der Waals surface area contributed by atoms with Gasteiger partial charge in [0.25, 0.3) is 5.69 Å². The van der Waals surface area contributed by atoms with Gasteiger partial charge in [-0.1, -0.05) is 0 Å². The Kier molecular flexibility index (Phi) is 4.81. The molecule has 0 heterocycles. The Bertz CT molecular complexity index is 514. The van der Waals surface area contributed by atoms with E-state index in [9.17, 15) is 19.7 Å². The van der Waals surface area contributed by atoms with E-state index >= 15 is 0 Å². The number of amides is 1. The molecule has 1 N–H and O–H groups in total. The molecule has 1 aromatic carbocycles. The summed E-state index contributed by atoms with van der Waals surface area (Å²) >= 11 is 0. The van der Waals surface area contributed by atoms with Crippen molar-refractivity contribution in [2.75, 3.05) is 19.0 Å². The summed E-state index contributed by atoms with van der Waals surface area (Å²) in [6, 6.07) is 3.63. The number of rotatable bonds is 4. The fraction of sp³-hybridized carbons (Fsp3) is 0.273. The van der Waals surface area contributed by atoms with Crippen molar-refractivity contribution in [3.8, 4) is 5.75 Å². The first-order chi connectivity index (χ1) is 8.99. The van der Waals surface area contributed by atoms with Crippen LogP contribution in [-0.2, 0) is 14.3 Å². The molecule has 19 heavy (non-hydrogen) atoms. The summed E-state index contributed by atoms with van der Waals surface area (Å²) in [5, 5.41) is 12.8. The maximum Gasteiger partial charge on any atom is 0.397 e. The minimum Gasteiger partial charge on any atom is -0.495 e. The normalized spacial score (nSPS) is 9.58. The number of nitrogens with zero attached hydrogens (tertiary/aromatic N) is 1. The van der Waals surface area contributed by atoms with E-state index in [1.165, 1.54) is 19.2 Å². The zero-order valence-electron chi connectivity index (χ0n) is 10.3. The Morgan fingerprint density at radius 3 is 2.63 bits per heavy atom. The number of carbonyl (C=O) groups excluding carboxylic acids is 2. The van der Waals surface area contributed by atoms with Crippen LogP contribution in [0.1, 0.15) is 6.92 Å². The molecule has 0 aliphatic carbocycles. The molecule has 0 saturated heterocycles. The van der Waals surface area contributed by atoms with E-state index in [-0.39, 0.29) is 23.7 Å². The van der Waals surface area contributed by atoms with Gasteiger partial charge in [-0.2, -0.15) is 0 Å². The van der Waals surface area contributed by atoms with Gasteiger partial charge in [0.1, 0.15) is 5.75 Å². The third-order valence-corrected chi connectivity index (χ3v) is 2.10. The lowest BCUT2D eigenvalue weighted by molar-refractivity contribution is -0.384. The number of hydrogen-bond donors (Lipinski definition) is 1. The zero-order valence-corrected chi connectivity index (χ0v) is 10.3. The SMILES string of the molecule is CCOC(=O)C(=O)Nc1cc([N+](=O)[O-])ccc1OC. The van der Waals surface area contributed by atoms with E-state index in [4.69, 9.17) is 4.74 Å². The summed E-state index contributed by atoms with van der Waals surface area (Å²) in [4.78, 5) is 32.6. The Morgan fingerprint density at radius 1 is 1.42 bits per heavy atom. The lowest BCUT2D eigenvalue weighted by Crippen LogP contribution is -2.25. The molecule has 0 aromatic heterocycles. The number of carbonyl (C=O) groups is 2. The van der Waals surface area contributed by atoms with Gasteiger partial charge in [-0.05, 0) is 13.0 Å². The van der Waals surface area contributed by atoms with E-state index in [0.717, 1.165) is 6.07 Å². The van der Waals surface area contributed by atoms with Gasteiger partial charge in [0.2, 0.25) is 0 Å². The van der Waals surface area contributed by atoms with Crippen molar-refractivity contribution in [1.82, 2.24) is 0 Å². The summed E-state index contributed by atoms with van der Waals surface area (Å²) in [6.45, 7) is 1.61. The van der Waals surface area contributed by atoms with Crippen LogP contribution in [0, 0.1) is 10.1 Å². The van der Waals surface area contributed by atoms with Gasteiger partial charge in [-0.3, -0.25) is 14.9 Å². The van der Waals surface area contributed by atoms with E-state index in [1.807, 2.05) is 0 Å². The van der Waals surface area contributed by atoms with Crippen molar-refractivity contribution in [2.45, 2.75) is 6.92 Å². The molecule has 8 heteroatoms. The zero-order chi connectivity index (χ0) is 14.4. The number of ether oxygens (including phenoxy) is 2. The minimum absolute atomic E-state index is 0.0229. The van der Waals surface area contributed by atoms with Gasteiger partial charge < -0.3 is 14.8 Å². The lowest BCUT2D eigenvalue weighted by Gasteiger charge is -2.09. The topological polar surface area (TPSA) is 108 Å². The molecule has 102 valence electrons. The van der Waals surface area contributed by atoms with Crippen LogP contribution < -0.4 is 10.1 Å². The van der Waals surface area contributed by atoms with Crippen molar-refractivity contribution in [3.63, 3.8) is 0 Å². The molecule has 0 aliphatic heterocycles. The summed E-state index contributed by atoms with van der Waals surface area (Å²) in [6.07, 6.45) is 0. The van der Waals surface area contributed by atoms with Crippen LogP contribution in [0.3, 0.4) is 0 Å². The molecule has 1 amide bonds. The first-order valence-electron chi connectivity index (χ1n) is 5.30. The second-order valence-electron chi connectivity index (χ2n) is 3.32. The molecule has 0 fully saturated rings. The lowest BCUT2D eigenvalue weighted by atomic mass is 10.2. The second kappa shape index (κ2) is 6.34. The van der Waals surface area contributed by atoms with Crippen molar-refractivity contribution in [3.05, 3.63) is 28.3 Å². The van der Waals surface area contributed by atoms with Gasteiger partial charge in [0.05, 0.1) is 24.3 Å². The average Bonchev–Trinajstić information content (AvgIpc) is 2.38. The Balaban J connectivity index is 2.98. The molecule has 0 aliphatic rings. The number of nitrogens with one attached hydrogen (secondary N) is 1. The van der Waals surface area contributed by atoms with Crippen LogP contribution >= 0.6 is 0 Å². The molecule has 0 unspecified atom stereocenters. The summed E-state index contributed by atoms with van der Waals surface area (Å²) in [7, 11) is 1.33. The van der Waals surface area contributed by atoms with Crippen LogP contribution in [0.2, 0.25) is 0 Å². The first-order valence-corrected chi connectivity index (χ1v) is 5.30. The molecule has 0 spiro atoms. The first kappa shape index (κ1) is 14.4. The number of esters is 1. The minimum atomic E-state index is -1.07. The highest BCUT2D eigenvalue weighted by atomic mass is 16.6. The summed E-state index contributed by atoms with van der Waals surface area (Å²) < 4.78 is 9.43. The fourth-order valence-electron chi connectivity index (χ4n) is 1.28. The Labute approximate surface area is 108 Å². The van der Waals surface area contributed by atoms with Gasteiger partial charge in [0, 0.05) is 12.1 Å². The molecule has 0 atom stereocenters. The molecule has 0 radical (unpaired) electrons. The maximum absolute atomic E-state index is 11.4. The standard InChI is InChI=1S/C11H12N2O6/c1-3-19-11(15)10(14)12-8-6-7(13(16)17)4-5-9(8)18-2/h4-6H,3H2,1-2H3,(H,12,14). The number of non-ortho nitro benzene ring substituents is 1. The van der Waals surface area contributed by atoms with E-state index < -0.39 is 16.8 Å². The number of anilines is 1. The van der Waals surface area contributed by atoms with Crippen LogP contribution in [0.25, 0.3) is 0 Å². The number of hydrogen-bond acceptors (Lipinski definition) is 6. The number of nitro groups is 1. The third kappa shape index (κ3) is 3.66. The Hall–Kier alpha value is -2.64. The highest BCUT2D eigenvalue weighted by Crippen LogP contribution is 2.28. The van der Waals surface area contributed by atoms with Gasteiger partial charge in [0.15, 0.2) is 0 Å². The number of nitro benzene ring substituents is 1. The Morgan fingerprint density at radius 2 is 2.11 bits per heavy atom. The highest BCUT2D eigenvalue weighted by molar-refractivity contribution is 6.37. The summed E-state index contributed by atoms with van der Waals surface area (Å²) in [5.41, 5.74) is -0.213. The molecule has 0 saturated carbocycles. The largest absolute Gasteiger partial charge is 0.495 e. The maximum atomic E-state index is 11.4. The van der Waals surface area contributed by atoms with Gasteiger partial charge >= 0.3 is 11.9 Å². The molecule has 1 aromatic rings. The fourth-order valence-corrected chi connectivity index (χ4v) is 1.28. The molecule has 8 nitrogen and oxygen atoms in total. The van der Waals surface area contributed by atoms with Crippen LogP contribution in [0.4, 0.5) is 11.4 Å². The van der Waals surface area contributed by atoms with Gasteiger partial charge in [-0.15, -0.1) is 0 Å². The summed E-state index contributed by atoms with van der Waals surface area (Å²) in [5.74, 6) is -1.90. The van der Waals surface area contributed by atoms with Gasteiger partial charge in [-0.25, -0.2) is 4.79 Å². The molecule has 1 rings (SSSR count). The monoisotopic (exact) mass is 268 g/mol. The van der Waals surface area contributed by atoms with Crippen molar-refractivity contribution >= 4 is 23.3 Å². The van der Waals surface area contributed by atoms with Crippen LogP contribution in [0.15, 0.2) is 18.2 Å². The van der Waals surface area contributed by atoms with E-state index in [2.05, 4.69) is 10.1 Å². The predicted octanol–water partition coefficient (Wildman–Crippen LogP) is 1.10. The van der Waals surface area contributed by atoms with Crippen molar-refractivity contribution in [2.24, 2.45) is 0 Å². The smallest absolute Gasteiger partial charge is 0.397 e. The number of benzene rings is 1. The van der Waals surface area contributed by atoms with Crippen LogP contribution in [-0.4, -0.2) is 30.5 Å². The van der Waals surface area contributed by atoms with E-state index in [1.54, 1.807) is 6.92 Å². The molecular weight excluding hydrogens is 256 g/mol. The average molecular weight is 268 g/mol. The number of methoxy groups -OCH3 is 1. The third-order valence-electron chi connectivity index (χ3n) is 2.10. The molecule has 0 bridgehead atoms. The van der Waals surface area contributed by atoms with Crippen molar-refractivity contribution < 1.29 is 24.0 Å². The predicted molar refractivity (Wildman–Crippen MR) is 64.9 cm³/mol. The quantitative estimate of drug-likeness (QED) is 0.379. The van der Waals surface area contributed by atoms with Crippen molar-refractivity contribution in [1.29, 1.82) is 0 Å².